The Balaban J connectivity index is 1.58. The lowest BCUT2D eigenvalue weighted by Crippen LogP contribution is -2.52. The van der Waals surface area contributed by atoms with Crippen molar-refractivity contribution in [2.75, 3.05) is 45.3 Å². The maximum atomic E-state index is 12.6. The molecule has 0 bridgehead atoms. The number of nitrogens with one attached hydrogen (secondary N) is 1. The molecule has 0 radical (unpaired) electrons. The van der Waals surface area contributed by atoms with Crippen LogP contribution in [0.25, 0.3) is 0 Å². The minimum Gasteiger partial charge on any atom is -0.497 e. The van der Waals surface area contributed by atoms with Gasteiger partial charge in [-0.25, -0.2) is 4.79 Å². The van der Waals surface area contributed by atoms with Gasteiger partial charge in [0.2, 0.25) is 0 Å². The van der Waals surface area contributed by atoms with Gasteiger partial charge < -0.3 is 24.6 Å². The molecule has 0 saturated carbocycles. The molecule has 2 aromatic rings. The number of carbonyl (C=O) groups excluding carboxylic acids is 1. The van der Waals surface area contributed by atoms with Crippen molar-refractivity contribution in [1.82, 2.24) is 10.2 Å². The van der Waals surface area contributed by atoms with Crippen molar-refractivity contribution in [2.45, 2.75) is 13.0 Å². The van der Waals surface area contributed by atoms with E-state index >= 15 is 0 Å². The zero-order valence-electron chi connectivity index (χ0n) is 16.1. The first-order valence-corrected chi connectivity index (χ1v) is 9.19. The standard InChI is InChI=1S/C21H27N3O3/c1-16(17-7-5-4-6-8-17)22-21(25)24-13-11-23(12-14-24)19-10-9-18(26-2)15-20(19)27-3/h4-10,15-16H,11-14H2,1-3H3,(H,22,25). The van der Waals surface area contributed by atoms with E-state index in [-0.39, 0.29) is 12.1 Å². The quantitative estimate of drug-likeness (QED) is 0.879. The molecule has 1 N–H and O–H groups in total. The van der Waals surface area contributed by atoms with E-state index in [0.29, 0.717) is 13.1 Å². The summed E-state index contributed by atoms with van der Waals surface area (Å²) in [4.78, 5) is 16.7. The first-order valence-electron chi connectivity index (χ1n) is 9.19. The first kappa shape index (κ1) is 18.9. The Morgan fingerprint density at radius 1 is 1.00 bits per heavy atom. The number of amides is 2. The number of urea groups is 1. The summed E-state index contributed by atoms with van der Waals surface area (Å²) in [5, 5.41) is 3.09. The van der Waals surface area contributed by atoms with Gasteiger partial charge in [0.15, 0.2) is 0 Å². The fourth-order valence-corrected chi connectivity index (χ4v) is 3.30. The van der Waals surface area contributed by atoms with Gasteiger partial charge in [0.05, 0.1) is 25.9 Å². The van der Waals surface area contributed by atoms with E-state index in [0.717, 1.165) is 35.8 Å². The van der Waals surface area contributed by atoms with E-state index in [1.54, 1.807) is 14.2 Å². The molecule has 144 valence electrons. The highest BCUT2D eigenvalue weighted by atomic mass is 16.5. The monoisotopic (exact) mass is 369 g/mol. The van der Waals surface area contributed by atoms with E-state index < -0.39 is 0 Å². The topological polar surface area (TPSA) is 54.0 Å². The van der Waals surface area contributed by atoms with E-state index in [1.807, 2.05) is 60.4 Å². The minimum absolute atomic E-state index is 0.0154. The summed E-state index contributed by atoms with van der Waals surface area (Å²) in [7, 11) is 3.30. The molecule has 1 aliphatic heterocycles. The molecular formula is C21H27N3O3. The second-order valence-electron chi connectivity index (χ2n) is 6.59. The van der Waals surface area contributed by atoms with Crippen LogP contribution in [0.2, 0.25) is 0 Å². The molecule has 1 atom stereocenters. The lowest BCUT2D eigenvalue weighted by molar-refractivity contribution is 0.191. The zero-order valence-corrected chi connectivity index (χ0v) is 16.1. The molecule has 0 aliphatic carbocycles. The summed E-state index contributed by atoms with van der Waals surface area (Å²) >= 11 is 0. The molecule has 1 heterocycles. The molecule has 3 rings (SSSR count). The number of hydrogen-bond donors (Lipinski definition) is 1. The summed E-state index contributed by atoms with van der Waals surface area (Å²) in [5.74, 6) is 1.55. The summed E-state index contributed by atoms with van der Waals surface area (Å²) < 4.78 is 10.8. The smallest absolute Gasteiger partial charge is 0.317 e. The number of anilines is 1. The van der Waals surface area contributed by atoms with Gasteiger partial charge in [0.1, 0.15) is 11.5 Å². The number of piperazine rings is 1. The van der Waals surface area contributed by atoms with Crippen molar-refractivity contribution >= 4 is 11.7 Å². The number of ether oxygens (including phenoxy) is 2. The zero-order chi connectivity index (χ0) is 19.2. The Bertz CT molecular complexity index is 759. The lowest BCUT2D eigenvalue weighted by Gasteiger charge is -2.37. The van der Waals surface area contributed by atoms with Crippen LogP contribution in [-0.4, -0.2) is 51.3 Å². The third kappa shape index (κ3) is 4.45. The lowest BCUT2D eigenvalue weighted by atomic mass is 10.1. The van der Waals surface area contributed by atoms with E-state index in [9.17, 15) is 4.79 Å². The van der Waals surface area contributed by atoms with Gasteiger partial charge in [-0.05, 0) is 24.6 Å². The van der Waals surface area contributed by atoms with Crippen LogP contribution in [0.15, 0.2) is 48.5 Å². The number of rotatable bonds is 5. The van der Waals surface area contributed by atoms with E-state index in [2.05, 4.69) is 10.2 Å². The van der Waals surface area contributed by atoms with Crippen molar-refractivity contribution in [3.63, 3.8) is 0 Å². The molecule has 0 spiro atoms. The van der Waals surface area contributed by atoms with Gasteiger partial charge in [0, 0.05) is 32.2 Å². The van der Waals surface area contributed by atoms with Crippen LogP contribution in [0, 0.1) is 0 Å². The van der Waals surface area contributed by atoms with Crippen molar-refractivity contribution in [2.24, 2.45) is 0 Å². The fraction of sp³-hybridized carbons (Fsp3) is 0.381. The Kier molecular flexibility index (Phi) is 6.06. The van der Waals surface area contributed by atoms with Crippen LogP contribution in [0.3, 0.4) is 0 Å². The predicted molar refractivity (Wildman–Crippen MR) is 107 cm³/mol. The maximum absolute atomic E-state index is 12.6. The van der Waals surface area contributed by atoms with Gasteiger partial charge in [-0.1, -0.05) is 30.3 Å². The maximum Gasteiger partial charge on any atom is 0.317 e. The van der Waals surface area contributed by atoms with Crippen LogP contribution in [0.1, 0.15) is 18.5 Å². The molecule has 2 aromatic carbocycles. The molecule has 0 aromatic heterocycles. The van der Waals surface area contributed by atoms with E-state index in [4.69, 9.17) is 9.47 Å². The Morgan fingerprint density at radius 3 is 2.33 bits per heavy atom. The molecule has 2 amide bonds. The highest BCUT2D eigenvalue weighted by Gasteiger charge is 2.24. The van der Waals surface area contributed by atoms with Gasteiger partial charge in [-0.3, -0.25) is 0 Å². The molecule has 6 nitrogen and oxygen atoms in total. The summed E-state index contributed by atoms with van der Waals surface area (Å²) in [6, 6.07) is 15.8. The van der Waals surface area contributed by atoms with Gasteiger partial charge >= 0.3 is 6.03 Å². The van der Waals surface area contributed by atoms with Crippen molar-refractivity contribution in [1.29, 1.82) is 0 Å². The van der Waals surface area contributed by atoms with Crippen LogP contribution in [0.4, 0.5) is 10.5 Å². The highest BCUT2D eigenvalue weighted by Crippen LogP contribution is 2.32. The highest BCUT2D eigenvalue weighted by molar-refractivity contribution is 5.75. The number of carbonyl (C=O) groups is 1. The molecule has 1 aliphatic rings. The average Bonchev–Trinajstić information content (AvgIpc) is 2.73. The van der Waals surface area contributed by atoms with Gasteiger partial charge in [-0.2, -0.15) is 0 Å². The third-order valence-electron chi connectivity index (χ3n) is 4.93. The Hall–Kier alpha value is -2.89. The molecule has 27 heavy (non-hydrogen) atoms. The SMILES string of the molecule is COc1ccc(N2CCN(C(=O)NC(C)c3ccccc3)CC2)c(OC)c1. The van der Waals surface area contributed by atoms with Crippen LogP contribution in [0.5, 0.6) is 11.5 Å². The number of methoxy groups -OCH3 is 2. The fourth-order valence-electron chi connectivity index (χ4n) is 3.30. The van der Waals surface area contributed by atoms with Gasteiger partial charge in [0.25, 0.3) is 0 Å². The summed E-state index contributed by atoms with van der Waals surface area (Å²) in [5.41, 5.74) is 2.13. The van der Waals surface area contributed by atoms with Crippen LogP contribution >= 0.6 is 0 Å². The minimum atomic E-state index is -0.0206. The van der Waals surface area contributed by atoms with Crippen molar-refractivity contribution in [3.05, 3.63) is 54.1 Å². The van der Waals surface area contributed by atoms with Crippen molar-refractivity contribution in [3.8, 4) is 11.5 Å². The number of hydrogen-bond acceptors (Lipinski definition) is 4. The molecule has 6 heteroatoms. The Morgan fingerprint density at radius 2 is 1.70 bits per heavy atom. The van der Waals surface area contributed by atoms with Crippen molar-refractivity contribution < 1.29 is 14.3 Å². The summed E-state index contributed by atoms with van der Waals surface area (Å²) in [6.45, 7) is 4.86. The normalized spacial score (nSPS) is 15.2. The molecule has 1 unspecified atom stereocenters. The molecular weight excluding hydrogens is 342 g/mol. The third-order valence-corrected chi connectivity index (χ3v) is 4.93. The molecule has 1 fully saturated rings. The van der Waals surface area contributed by atoms with Crippen LogP contribution < -0.4 is 19.7 Å². The van der Waals surface area contributed by atoms with E-state index in [1.165, 1.54) is 0 Å². The first-order chi connectivity index (χ1) is 13.1. The average molecular weight is 369 g/mol. The van der Waals surface area contributed by atoms with Crippen LogP contribution in [-0.2, 0) is 0 Å². The second-order valence-corrected chi connectivity index (χ2v) is 6.59. The Labute approximate surface area is 160 Å². The summed E-state index contributed by atoms with van der Waals surface area (Å²) in [6.07, 6.45) is 0. The van der Waals surface area contributed by atoms with Gasteiger partial charge in [-0.15, -0.1) is 0 Å². The number of nitrogens with zero attached hydrogens (tertiary/aromatic N) is 2. The number of benzene rings is 2. The molecule has 1 saturated heterocycles. The predicted octanol–water partition coefficient (Wildman–Crippen LogP) is 3.30. The largest absolute Gasteiger partial charge is 0.497 e. The second kappa shape index (κ2) is 8.66.